The van der Waals surface area contributed by atoms with Gasteiger partial charge in [0.2, 0.25) is 6.79 Å². The highest BCUT2D eigenvalue weighted by Gasteiger charge is 2.15. The molecule has 0 fully saturated rings. The Morgan fingerprint density at radius 3 is 2.70 bits per heavy atom. The molecule has 2 aromatic carbocycles. The number of fused-ring (bicyclic) bond motifs is 1. The maximum atomic E-state index is 11.7. The van der Waals surface area contributed by atoms with E-state index in [0.29, 0.717) is 5.75 Å². The maximum Gasteiger partial charge on any atom is 0.414 e. The van der Waals surface area contributed by atoms with E-state index in [1.165, 1.54) is 10.5 Å². The smallest absolute Gasteiger partial charge is 0.414 e. The van der Waals surface area contributed by atoms with Crippen LogP contribution in [0.5, 0.6) is 17.2 Å². The van der Waals surface area contributed by atoms with Crippen molar-refractivity contribution in [1.29, 1.82) is 0 Å². The molecule has 1 unspecified atom stereocenters. The summed E-state index contributed by atoms with van der Waals surface area (Å²) in [6.07, 6.45) is 1.41. The number of hydrogen-bond donors (Lipinski definition) is 1. The number of nitrogens with zero attached hydrogens (tertiary/aromatic N) is 1. The minimum absolute atomic E-state index is 0. The van der Waals surface area contributed by atoms with Crippen LogP contribution < -0.4 is 19.5 Å². The SMILES string of the molecule is CNC(CCc1ccc2c(c1)OCO2)c1cccc(OC(=O)N(C)C)c1.Cl. The quantitative estimate of drug-likeness (QED) is 0.810. The lowest BCUT2D eigenvalue weighted by Gasteiger charge is -2.18. The van der Waals surface area contributed by atoms with Gasteiger partial charge in [0.25, 0.3) is 0 Å². The molecule has 0 bridgehead atoms. The van der Waals surface area contributed by atoms with Crippen LogP contribution in [-0.4, -0.2) is 38.9 Å². The zero-order valence-corrected chi connectivity index (χ0v) is 16.5. The monoisotopic (exact) mass is 392 g/mol. The summed E-state index contributed by atoms with van der Waals surface area (Å²) < 4.78 is 16.1. The van der Waals surface area contributed by atoms with E-state index in [2.05, 4.69) is 11.4 Å². The van der Waals surface area contributed by atoms with Crippen molar-refractivity contribution < 1.29 is 19.0 Å². The Morgan fingerprint density at radius 1 is 1.19 bits per heavy atom. The van der Waals surface area contributed by atoms with Crippen molar-refractivity contribution in [3.05, 3.63) is 53.6 Å². The predicted octanol–water partition coefficient (Wildman–Crippen LogP) is 3.79. The normalized spacial score (nSPS) is 12.9. The molecule has 1 atom stereocenters. The number of carbonyl (C=O) groups is 1. The molecule has 0 saturated heterocycles. The van der Waals surface area contributed by atoms with E-state index in [1.54, 1.807) is 20.2 Å². The van der Waals surface area contributed by atoms with E-state index >= 15 is 0 Å². The molecule has 0 spiro atoms. The number of carbonyl (C=O) groups excluding carboxylic acids is 1. The molecule has 1 N–H and O–H groups in total. The van der Waals surface area contributed by atoms with Crippen LogP contribution in [0.15, 0.2) is 42.5 Å². The highest BCUT2D eigenvalue weighted by molar-refractivity contribution is 5.85. The molecular formula is C20H25ClN2O4. The molecule has 2 aromatic rings. The van der Waals surface area contributed by atoms with Gasteiger partial charge in [-0.15, -0.1) is 12.4 Å². The Hall–Kier alpha value is -2.44. The molecule has 146 valence electrons. The van der Waals surface area contributed by atoms with Gasteiger partial charge < -0.3 is 24.4 Å². The van der Waals surface area contributed by atoms with Crippen LogP contribution in [0.1, 0.15) is 23.6 Å². The van der Waals surface area contributed by atoms with Gasteiger partial charge in [0.1, 0.15) is 5.75 Å². The first kappa shape index (κ1) is 20.9. The van der Waals surface area contributed by atoms with Gasteiger partial charge >= 0.3 is 6.09 Å². The molecule has 0 radical (unpaired) electrons. The van der Waals surface area contributed by atoms with Crippen LogP contribution in [0.4, 0.5) is 4.79 Å². The summed E-state index contributed by atoms with van der Waals surface area (Å²) in [6, 6.07) is 13.8. The topological polar surface area (TPSA) is 60.0 Å². The Kier molecular flexibility index (Phi) is 7.33. The van der Waals surface area contributed by atoms with Crippen LogP contribution in [0.25, 0.3) is 0 Å². The minimum Gasteiger partial charge on any atom is -0.454 e. The first-order chi connectivity index (χ1) is 12.6. The first-order valence-electron chi connectivity index (χ1n) is 8.61. The number of aryl methyl sites for hydroxylation is 1. The molecule has 0 aliphatic carbocycles. The maximum absolute atomic E-state index is 11.7. The lowest BCUT2D eigenvalue weighted by atomic mass is 9.98. The molecule has 6 nitrogen and oxygen atoms in total. The van der Waals surface area contributed by atoms with Crippen molar-refractivity contribution >= 4 is 18.5 Å². The molecule has 27 heavy (non-hydrogen) atoms. The highest BCUT2D eigenvalue weighted by atomic mass is 35.5. The molecule has 1 heterocycles. The van der Waals surface area contributed by atoms with Crippen molar-refractivity contribution in [1.82, 2.24) is 10.2 Å². The van der Waals surface area contributed by atoms with Gasteiger partial charge in [0.05, 0.1) is 0 Å². The average Bonchev–Trinajstić information content (AvgIpc) is 3.10. The second-order valence-electron chi connectivity index (χ2n) is 6.40. The van der Waals surface area contributed by atoms with E-state index in [4.69, 9.17) is 14.2 Å². The van der Waals surface area contributed by atoms with Crippen molar-refractivity contribution in [3.63, 3.8) is 0 Å². The molecule has 1 aliphatic rings. The number of hydrogen-bond acceptors (Lipinski definition) is 5. The highest BCUT2D eigenvalue weighted by Crippen LogP contribution is 2.33. The largest absolute Gasteiger partial charge is 0.454 e. The van der Waals surface area contributed by atoms with Crippen molar-refractivity contribution in [2.75, 3.05) is 27.9 Å². The van der Waals surface area contributed by atoms with Gasteiger partial charge in [-0.3, -0.25) is 0 Å². The van der Waals surface area contributed by atoms with Crippen molar-refractivity contribution in [2.24, 2.45) is 0 Å². The number of ether oxygens (including phenoxy) is 3. The molecule has 3 rings (SSSR count). The molecule has 7 heteroatoms. The van der Waals surface area contributed by atoms with Crippen LogP contribution >= 0.6 is 12.4 Å². The molecular weight excluding hydrogens is 368 g/mol. The molecule has 1 aliphatic heterocycles. The third kappa shape index (κ3) is 5.28. The zero-order valence-electron chi connectivity index (χ0n) is 15.7. The van der Waals surface area contributed by atoms with E-state index in [9.17, 15) is 4.79 Å². The Balaban J connectivity index is 0.00000261. The number of halogens is 1. The Bertz CT molecular complexity index is 782. The summed E-state index contributed by atoms with van der Waals surface area (Å²) in [5, 5.41) is 3.34. The van der Waals surface area contributed by atoms with Gasteiger partial charge in [-0.25, -0.2) is 4.79 Å². The third-order valence-corrected chi connectivity index (χ3v) is 4.34. The fraction of sp³-hybridized carbons (Fsp3) is 0.350. The van der Waals surface area contributed by atoms with Gasteiger partial charge in [-0.1, -0.05) is 18.2 Å². The van der Waals surface area contributed by atoms with E-state index in [1.807, 2.05) is 37.4 Å². The number of rotatable bonds is 6. The standard InChI is InChI=1S/C20H24N2O4.ClH/c1-21-17(9-7-14-8-10-18-19(11-14)25-13-24-18)15-5-4-6-16(12-15)26-20(23)22(2)3;/h4-6,8,10-12,17,21H,7,9,13H2,1-3H3;1H. The summed E-state index contributed by atoms with van der Waals surface area (Å²) in [4.78, 5) is 13.1. The fourth-order valence-corrected chi connectivity index (χ4v) is 2.87. The molecule has 0 aromatic heterocycles. The van der Waals surface area contributed by atoms with Crippen LogP contribution in [-0.2, 0) is 6.42 Å². The predicted molar refractivity (Wildman–Crippen MR) is 106 cm³/mol. The Labute approximate surface area is 165 Å². The van der Waals surface area contributed by atoms with Gasteiger partial charge in [0, 0.05) is 20.1 Å². The van der Waals surface area contributed by atoms with Gasteiger partial charge in [0.15, 0.2) is 11.5 Å². The lowest BCUT2D eigenvalue weighted by molar-refractivity contribution is 0.171. The van der Waals surface area contributed by atoms with Crippen LogP contribution in [0, 0.1) is 0 Å². The van der Waals surface area contributed by atoms with Gasteiger partial charge in [-0.05, 0) is 55.3 Å². The summed E-state index contributed by atoms with van der Waals surface area (Å²) >= 11 is 0. The average molecular weight is 393 g/mol. The summed E-state index contributed by atoms with van der Waals surface area (Å²) in [6.45, 7) is 0.288. The minimum atomic E-state index is -0.386. The summed E-state index contributed by atoms with van der Waals surface area (Å²) in [7, 11) is 5.25. The fourth-order valence-electron chi connectivity index (χ4n) is 2.87. The second kappa shape index (κ2) is 9.48. The molecule has 1 amide bonds. The van der Waals surface area contributed by atoms with Crippen LogP contribution in [0.3, 0.4) is 0 Å². The number of amides is 1. The number of benzene rings is 2. The van der Waals surface area contributed by atoms with E-state index < -0.39 is 0 Å². The van der Waals surface area contributed by atoms with Gasteiger partial charge in [-0.2, -0.15) is 0 Å². The van der Waals surface area contributed by atoms with Crippen LogP contribution in [0.2, 0.25) is 0 Å². The van der Waals surface area contributed by atoms with E-state index in [-0.39, 0.29) is 31.3 Å². The molecule has 0 saturated carbocycles. The van der Waals surface area contributed by atoms with Crippen molar-refractivity contribution in [3.8, 4) is 17.2 Å². The Morgan fingerprint density at radius 2 is 1.96 bits per heavy atom. The summed E-state index contributed by atoms with van der Waals surface area (Å²) in [5.74, 6) is 2.15. The lowest BCUT2D eigenvalue weighted by Crippen LogP contribution is -2.25. The first-order valence-corrected chi connectivity index (χ1v) is 8.61. The zero-order chi connectivity index (χ0) is 18.5. The van der Waals surface area contributed by atoms with E-state index in [0.717, 1.165) is 29.9 Å². The second-order valence-corrected chi connectivity index (χ2v) is 6.40. The third-order valence-electron chi connectivity index (χ3n) is 4.34. The number of nitrogens with one attached hydrogen (secondary N) is 1. The van der Waals surface area contributed by atoms with Crippen molar-refractivity contribution in [2.45, 2.75) is 18.9 Å². The summed E-state index contributed by atoms with van der Waals surface area (Å²) in [5.41, 5.74) is 2.28.